The van der Waals surface area contributed by atoms with E-state index in [0.29, 0.717) is 4.31 Å². The van der Waals surface area contributed by atoms with Crippen molar-refractivity contribution in [2.45, 2.75) is 0 Å². The number of rotatable bonds is 0. The molecule has 0 aliphatic carbocycles. The first-order valence-corrected chi connectivity index (χ1v) is 4.79. The van der Waals surface area contributed by atoms with Gasteiger partial charge in [-0.05, 0) is 0 Å². The molecule has 1 aliphatic heterocycles. The van der Waals surface area contributed by atoms with Gasteiger partial charge in [0.2, 0.25) is 0 Å². The van der Waals surface area contributed by atoms with Crippen molar-refractivity contribution in [1.29, 1.82) is 0 Å². The van der Waals surface area contributed by atoms with Gasteiger partial charge in [-0.3, -0.25) is 4.79 Å². The van der Waals surface area contributed by atoms with Crippen molar-refractivity contribution >= 4 is 27.7 Å². The number of hydrogen-bond donors (Lipinski definition) is 0. The molecule has 0 aromatic carbocycles. The molecule has 68 valence electrons. The van der Waals surface area contributed by atoms with Crippen LogP contribution >= 0.6 is 11.6 Å². The Morgan fingerprint density at radius 3 is 2.33 bits per heavy atom. The maximum absolute atomic E-state index is 11.2. The Labute approximate surface area is 75.4 Å². The van der Waals surface area contributed by atoms with Gasteiger partial charge in [0.15, 0.2) is 0 Å². The van der Waals surface area contributed by atoms with Crippen molar-refractivity contribution in [2.75, 3.05) is 14.1 Å². The first kappa shape index (κ1) is 9.34. The lowest BCUT2D eigenvalue weighted by Gasteiger charge is -2.28. The highest BCUT2D eigenvalue weighted by molar-refractivity contribution is 7.87. The van der Waals surface area contributed by atoms with Crippen LogP contribution in [0.5, 0.6) is 0 Å². The Hall–Kier alpha value is -0.750. The Morgan fingerprint density at radius 2 is 1.83 bits per heavy atom. The van der Waals surface area contributed by atoms with Crippen LogP contribution in [0.3, 0.4) is 0 Å². The number of carbonyl (C=O) groups is 1. The average molecular weight is 211 g/mol. The molecule has 5 nitrogen and oxygen atoms in total. The topological polar surface area (TPSA) is 57.7 Å². The molecule has 0 saturated heterocycles. The lowest BCUT2D eigenvalue weighted by atomic mass is 10.5. The Balaban J connectivity index is 3.28. The Morgan fingerprint density at radius 1 is 1.33 bits per heavy atom. The lowest BCUT2D eigenvalue weighted by Crippen LogP contribution is -2.44. The molecular formula is C5H7ClN2O3S. The quantitative estimate of drug-likeness (QED) is 0.517. The minimum absolute atomic E-state index is 0.0990. The number of carbonyl (C=O) groups excluding carboxylic acids is 1. The molecule has 12 heavy (non-hydrogen) atoms. The summed E-state index contributed by atoms with van der Waals surface area (Å²) >= 11 is 5.47. The van der Waals surface area contributed by atoms with Gasteiger partial charge >= 0.3 is 10.2 Å². The van der Waals surface area contributed by atoms with Crippen LogP contribution in [-0.2, 0) is 15.0 Å². The van der Waals surface area contributed by atoms with Gasteiger partial charge in [0.25, 0.3) is 5.91 Å². The van der Waals surface area contributed by atoms with Crippen molar-refractivity contribution in [2.24, 2.45) is 0 Å². The van der Waals surface area contributed by atoms with Crippen LogP contribution in [0.2, 0.25) is 0 Å². The summed E-state index contributed by atoms with van der Waals surface area (Å²) in [6.45, 7) is 0. The van der Waals surface area contributed by atoms with E-state index in [4.69, 9.17) is 11.6 Å². The summed E-state index contributed by atoms with van der Waals surface area (Å²) in [7, 11) is -1.27. The molecule has 0 bridgehead atoms. The van der Waals surface area contributed by atoms with Gasteiger partial charge in [-0.2, -0.15) is 8.42 Å². The number of hydrogen-bond acceptors (Lipinski definition) is 3. The maximum Gasteiger partial charge on any atom is 0.329 e. The van der Waals surface area contributed by atoms with Crippen LogP contribution in [0.4, 0.5) is 0 Å². The lowest BCUT2D eigenvalue weighted by molar-refractivity contribution is -0.121. The summed E-state index contributed by atoms with van der Waals surface area (Å²) in [5, 5.41) is -0.0990. The predicted molar refractivity (Wildman–Crippen MR) is 43.4 cm³/mol. The van der Waals surface area contributed by atoms with Gasteiger partial charge in [0.05, 0.1) is 0 Å². The molecule has 0 aromatic rings. The zero-order chi connectivity index (χ0) is 9.52. The number of amides is 1. The molecule has 1 aliphatic rings. The third-order valence-corrected chi connectivity index (χ3v) is 3.77. The molecule has 1 heterocycles. The van der Waals surface area contributed by atoms with Crippen LogP contribution in [0.1, 0.15) is 0 Å². The summed E-state index contributed by atoms with van der Waals surface area (Å²) in [5.74, 6) is -0.641. The third-order valence-electron chi connectivity index (χ3n) is 1.55. The number of halogens is 1. The van der Waals surface area contributed by atoms with Crippen molar-refractivity contribution in [1.82, 2.24) is 8.61 Å². The second-order valence-corrected chi connectivity index (χ2v) is 4.63. The van der Waals surface area contributed by atoms with Crippen molar-refractivity contribution in [3.8, 4) is 0 Å². The molecule has 0 radical (unpaired) electrons. The van der Waals surface area contributed by atoms with Crippen molar-refractivity contribution < 1.29 is 13.2 Å². The van der Waals surface area contributed by atoms with Gasteiger partial charge in [-0.25, -0.2) is 8.61 Å². The molecule has 0 fully saturated rings. The predicted octanol–water partition coefficient (Wildman–Crippen LogP) is -0.285. The second-order valence-electron chi connectivity index (χ2n) is 2.25. The van der Waals surface area contributed by atoms with Crippen molar-refractivity contribution in [3.63, 3.8) is 0 Å². The smallest absolute Gasteiger partial charge is 0.269 e. The highest BCUT2D eigenvalue weighted by atomic mass is 35.5. The first-order valence-electron chi connectivity index (χ1n) is 3.01. The Bertz CT molecular complexity index is 348. The molecule has 1 amide bonds. The molecular weight excluding hydrogens is 204 g/mol. The van der Waals surface area contributed by atoms with E-state index in [1.165, 1.54) is 14.1 Å². The van der Waals surface area contributed by atoms with Gasteiger partial charge in [0, 0.05) is 20.2 Å². The van der Waals surface area contributed by atoms with E-state index in [2.05, 4.69) is 0 Å². The summed E-state index contributed by atoms with van der Waals surface area (Å²) in [5.41, 5.74) is 0. The molecule has 0 saturated carbocycles. The molecule has 0 spiro atoms. The average Bonchev–Trinajstić information content (AvgIpc) is 1.99. The van der Waals surface area contributed by atoms with Crippen LogP contribution in [0.15, 0.2) is 11.2 Å². The molecule has 7 heteroatoms. The zero-order valence-corrected chi connectivity index (χ0v) is 8.06. The van der Waals surface area contributed by atoms with Crippen LogP contribution in [-0.4, -0.2) is 37.0 Å². The van der Waals surface area contributed by atoms with E-state index in [1.54, 1.807) is 0 Å². The minimum atomic E-state index is -3.72. The largest absolute Gasteiger partial charge is 0.329 e. The standard InChI is InChI=1S/C5H7ClN2O3S/c1-7-4(6)3-5(9)8(2)12(7,10)11/h3H,1-2H3. The zero-order valence-electron chi connectivity index (χ0n) is 6.48. The second kappa shape index (κ2) is 2.63. The van der Waals surface area contributed by atoms with Crippen molar-refractivity contribution in [3.05, 3.63) is 11.2 Å². The van der Waals surface area contributed by atoms with E-state index in [9.17, 15) is 13.2 Å². The van der Waals surface area contributed by atoms with Gasteiger partial charge in [0.1, 0.15) is 5.16 Å². The third kappa shape index (κ3) is 1.16. The first-order chi connectivity index (χ1) is 5.37. The van der Waals surface area contributed by atoms with E-state index in [1.807, 2.05) is 0 Å². The van der Waals surface area contributed by atoms with Gasteiger partial charge in [-0.1, -0.05) is 11.6 Å². The molecule has 0 N–H and O–H groups in total. The van der Waals surface area contributed by atoms with Gasteiger partial charge in [-0.15, -0.1) is 0 Å². The normalized spacial score (nSPS) is 22.6. The summed E-state index contributed by atoms with van der Waals surface area (Å²) in [6, 6.07) is 0. The summed E-state index contributed by atoms with van der Waals surface area (Å²) in [6.07, 6.45) is 1.04. The highest BCUT2D eigenvalue weighted by Gasteiger charge is 2.32. The van der Waals surface area contributed by atoms with Crippen LogP contribution < -0.4 is 0 Å². The fraction of sp³-hybridized carbons (Fsp3) is 0.400. The summed E-state index contributed by atoms with van der Waals surface area (Å²) < 4.78 is 23.9. The summed E-state index contributed by atoms with van der Waals surface area (Å²) in [4.78, 5) is 10.9. The van der Waals surface area contributed by atoms with E-state index < -0.39 is 16.1 Å². The number of nitrogens with zero attached hydrogens (tertiary/aromatic N) is 2. The fourth-order valence-electron chi connectivity index (χ4n) is 0.691. The minimum Gasteiger partial charge on any atom is -0.269 e. The molecule has 0 atom stereocenters. The van der Waals surface area contributed by atoms with E-state index in [-0.39, 0.29) is 5.16 Å². The van der Waals surface area contributed by atoms with Gasteiger partial charge < -0.3 is 0 Å². The van der Waals surface area contributed by atoms with E-state index >= 15 is 0 Å². The number of likely N-dealkylation sites (N-methyl/N-ethyl adjacent to an activating group) is 1. The highest BCUT2D eigenvalue weighted by Crippen LogP contribution is 2.20. The molecule has 1 rings (SSSR count). The molecule has 0 unspecified atom stereocenters. The fourth-order valence-corrected chi connectivity index (χ4v) is 1.97. The van der Waals surface area contributed by atoms with Crippen LogP contribution in [0, 0.1) is 0 Å². The SMILES string of the molecule is CN1C(=O)C=C(Cl)N(C)S1(=O)=O. The van der Waals surface area contributed by atoms with Crippen LogP contribution in [0.25, 0.3) is 0 Å². The maximum atomic E-state index is 11.2. The van der Waals surface area contributed by atoms with E-state index in [0.717, 1.165) is 10.4 Å². The molecule has 0 aromatic heterocycles. The Kier molecular flexibility index (Phi) is 2.05. The monoisotopic (exact) mass is 210 g/mol.